The molecule has 4 rings (SSSR count). The maximum atomic E-state index is 13.0. The Morgan fingerprint density at radius 2 is 1.81 bits per heavy atom. The first-order chi connectivity index (χ1) is 14.8. The molecule has 1 aliphatic rings. The van der Waals surface area contributed by atoms with E-state index in [0.717, 1.165) is 16.2 Å². The fraction of sp³-hybridized carbons (Fsp3) is 0.0476. The van der Waals surface area contributed by atoms with Crippen LogP contribution in [0, 0.1) is 0 Å². The number of Topliss-reactive ketones (excluding diaryl/α,β-unsaturated/α-hetero) is 1. The largest absolute Gasteiger partial charge is 0.507 e. The van der Waals surface area contributed by atoms with Crippen LogP contribution in [0.3, 0.4) is 0 Å². The van der Waals surface area contributed by atoms with Gasteiger partial charge in [-0.25, -0.2) is 9.78 Å². The van der Waals surface area contributed by atoms with E-state index in [1.807, 2.05) is 0 Å². The Labute approximate surface area is 189 Å². The molecule has 0 spiro atoms. The topological polar surface area (TPSA) is 108 Å². The summed E-state index contributed by atoms with van der Waals surface area (Å²) < 4.78 is 0. The number of thiazole rings is 1. The molecule has 156 valence electrons. The van der Waals surface area contributed by atoms with Crippen molar-refractivity contribution in [2.24, 2.45) is 0 Å². The normalized spacial score (nSPS) is 17.9. The Kier molecular flexibility index (Phi) is 5.53. The molecule has 1 amide bonds. The number of amides is 1. The third-order valence-corrected chi connectivity index (χ3v) is 6.06. The molecule has 10 heteroatoms. The van der Waals surface area contributed by atoms with Gasteiger partial charge in [0.2, 0.25) is 0 Å². The van der Waals surface area contributed by atoms with Gasteiger partial charge in [0.15, 0.2) is 5.13 Å². The van der Waals surface area contributed by atoms with Gasteiger partial charge in [0, 0.05) is 22.2 Å². The maximum absolute atomic E-state index is 13.0. The first-order valence-corrected chi connectivity index (χ1v) is 10.4. The number of carboxylic acids is 1. The summed E-state index contributed by atoms with van der Waals surface area (Å²) in [6, 6.07) is 9.00. The number of halogens is 2. The van der Waals surface area contributed by atoms with Crippen molar-refractivity contribution in [3.05, 3.63) is 86.4 Å². The van der Waals surface area contributed by atoms with E-state index in [4.69, 9.17) is 23.2 Å². The number of aliphatic hydroxyl groups excluding tert-OH is 1. The van der Waals surface area contributed by atoms with Crippen LogP contribution < -0.4 is 4.90 Å². The lowest BCUT2D eigenvalue weighted by molar-refractivity contribution is -0.132. The molecule has 7 nitrogen and oxygen atoms in total. The zero-order valence-electron chi connectivity index (χ0n) is 15.5. The number of carbonyl (C=O) groups is 3. The summed E-state index contributed by atoms with van der Waals surface area (Å²) in [5.74, 6) is -3.70. The van der Waals surface area contributed by atoms with E-state index in [0.29, 0.717) is 5.02 Å². The molecule has 1 atom stereocenters. The van der Waals surface area contributed by atoms with E-state index in [2.05, 4.69) is 4.98 Å². The summed E-state index contributed by atoms with van der Waals surface area (Å²) in [5, 5.41) is 22.9. The van der Waals surface area contributed by atoms with Crippen LogP contribution in [0.2, 0.25) is 10.0 Å². The van der Waals surface area contributed by atoms with E-state index < -0.39 is 29.5 Å². The van der Waals surface area contributed by atoms with E-state index in [1.54, 1.807) is 11.4 Å². The van der Waals surface area contributed by atoms with Crippen molar-refractivity contribution < 1.29 is 24.6 Å². The van der Waals surface area contributed by atoms with Gasteiger partial charge >= 0.3 is 11.9 Å². The number of anilines is 1. The van der Waals surface area contributed by atoms with Crippen molar-refractivity contribution >= 4 is 63.1 Å². The minimum absolute atomic E-state index is 0.0655. The summed E-state index contributed by atoms with van der Waals surface area (Å²) in [7, 11) is 0. The number of nitrogens with zero attached hydrogens (tertiary/aromatic N) is 2. The van der Waals surface area contributed by atoms with Gasteiger partial charge in [-0.15, -0.1) is 11.3 Å². The highest BCUT2D eigenvalue weighted by atomic mass is 35.5. The average molecular weight is 475 g/mol. The standard InChI is InChI=1S/C21H12Cl2N2O5S/c22-10-5-6-13(14(23)9-10)17(26)15-16(11-3-1-2-4-12(11)20(29)30)25(19(28)18(15)27)21-24-7-8-31-21/h1-9,16,26H,(H,29,30)/t16-/m0/s1. The highest BCUT2D eigenvalue weighted by Crippen LogP contribution is 2.44. The van der Waals surface area contributed by atoms with Gasteiger partial charge in [-0.3, -0.25) is 14.5 Å². The first-order valence-electron chi connectivity index (χ1n) is 8.79. The third kappa shape index (κ3) is 3.59. The summed E-state index contributed by atoms with van der Waals surface area (Å²) in [6.45, 7) is 0. The third-order valence-electron chi connectivity index (χ3n) is 4.74. The van der Waals surface area contributed by atoms with Gasteiger partial charge in [-0.2, -0.15) is 0 Å². The van der Waals surface area contributed by atoms with Crippen LogP contribution in [-0.4, -0.2) is 32.9 Å². The molecule has 2 N–H and O–H groups in total. The molecule has 1 fully saturated rings. The second-order valence-electron chi connectivity index (χ2n) is 6.50. The fourth-order valence-corrected chi connectivity index (χ4v) is 4.58. The van der Waals surface area contributed by atoms with Gasteiger partial charge in [0.05, 0.1) is 22.2 Å². The molecule has 0 aliphatic carbocycles. The molecule has 3 aromatic rings. The lowest BCUT2D eigenvalue weighted by Gasteiger charge is -2.24. The predicted molar refractivity (Wildman–Crippen MR) is 117 cm³/mol. The monoisotopic (exact) mass is 474 g/mol. The Morgan fingerprint density at radius 3 is 2.45 bits per heavy atom. The zero-order valence-corrected chi connectivity index (χ0v) is 17.8. The zero-order chi connectivity index (χ0) is 22.3. The number of rotatable bonds is 4. The van der Waals surface area contributed by atoms with Crippen LogP contribution in [0.25, 0.3) is 5.76 Å². The molecule has 31 heavy (non-hydrogen) atoms. The second kappa shape index (κ2) is 8.14. The number of hydrogen-bond acceptors (Lipinski definition) is 6. The lowest BCUT2D eigenvalue weighted by atomic mass is 9.92. The highest BCUT2D eigenvalue weighted by Gasteiger charge is 2.49. The van der Waals surface area contributed by atoms with Crippen molar-refractivity contribution in [2.45, 2.75) is 6.04 Å². The van der Waals surface area contributed by atoms with E-state index in [1.165, 1.54) is 42.6 Å². The van der Waals surface area contributed by atoms with Crippen molar-refractivity contribution in [2.75, 3.05) is 4.90 Å². The Balaban J connectivity index is 2.02. The Morgan fingerprint density at radius 1 is 1.06 bits per heavy atom. The summed E-state index contributed by atoms with van der Waals surface area (Å²) in [5.41, 5.74) is -0.181. The highest BCUT2D eigenvalue weighted by molar-refractivity contribution is 7.14. The smallest absolute Gasteiger partial charge is 0.336 e. The fourth-order valence-electron chi connectivity index (χ4n) is 3.42. The van der Waals surface area contributed by atoms with Gasteiger partial charge in [0.1, 0.15) is 5.76 Å². The number of carboxylic acid groups (broad SMARTS) is 1. The number of ketones is 1. The molecule has 2 aromatic carbocycles. The van der Waals surface area contributed by atoms with Gasteiger partial charge in [0.25, 0.3) is 5.78 Å². The van der Waals surface area contributed by atoms with Gasteiger partial charge < -0.3 is 10.2 Å². The molecule has 1 aromatic heterocycles. The number of aliphatic hydroxyl groups is 1. The van der Waals surface area contributed by atoms with Crippen molar-refractivity contribution in [3.63, 3.8) is 0 Å². The molecule has 1 saturated heterocycles. The number of aromatic nitrogens is 1. The number of aromatic carboxylic acids is 1. The van der Waals surface area contributed by atoms with Crippen molar-refractivity contribution in [1.29, 1.82) is 0 Å². The minimum atomic E-state index is -1.25. The summed E-state index contributed by atoms with van der Waals surface area (Å²) in [4.78, 5) is 43.0. The molecule has 1 aliphatic heterocycles. The van der Waals surface area contributed by atoms with Crippen molar-refractivity contribution in [3.8, 4) is 0 Å². The summed E-state index contributed by atoms with van der Waals surface area (Å²) in [6.07, 6.45) is 1.45. The lowest BCUT2D eigenvalue weighted by Crippen LogP contribution is -2.30. The van der Waals surface area contributed by atoms with Gasteiger partial charge in [-0.05, 0) is 29.8 Å². The van der Waals surface area contributed by atoms with Crippen LogP contribution in [0.15, 0.2) is 59.6 Å². The van der Waals surface area contributed by atoms with Crippen LogP contribution in [0.1, 0.15) is 27.5 Å². The molecule has 0 bridgehead atoms. The number of carbonyl (C=O) groups excluding carboxylic acids is 2. The second-order valence-corrected chi connectivity index (χ2v) is 8.22. The minimum Gasteiger partial charge on any atom is -0.507 e. The Bertz CT molecular complexity index is 1260. The quantitative estimate of drug-likeness (QED) is 0.320. The first kappa shape index (κ1) is 21.0. The molecule has 2 heterocycles. The molecule has 0 radical (unpaired) electrons. The van der Waals surface area contributed by atoms with Crippen LogP contribution in [0.5, 0.6) is 0 Å². The molecule has 0 unspecified atom stereocenters. The number of benzene rings is 2. The molecular formula is C21H12Cl2N2O5S. The average Bonchev–Trinajstić information content (AvgIpc) is 3.34. The van der Waals surface area contributed by atoms with Crippen LogP contribution >= 0.6 is 34.5 Å². The van der Waals surface area contributed by atoms with Gasteiger partial charge in [-0.1, -0.05) is 41.4 Å². The van der Waals surface area contributed by atoms with Crippen LogP contribution in [0.4, 0.5) is 5.13 Å². The Hall–Kier alpha value is -3.20. The maximum Gasteiger partial charge on any atom is 0.336 e. The van der Waals surface area contributed by atoms with Crippen LogP contribution in [-0.2, 0) is 9.59 Å². The van der Waals surface area contributed by atoms with E-state index >= 15 is 0 Å². The van der Waals surface area contributed by atoms with Crippen molar-refractivity contribution in [1.82, 2.24) is 4.98 Å². The molecular weight excluding hydrogens is 463 g/mol. The summed E-state index contributed by atoms with van der Waals surface area (Å²) >= 11 is 13.2. The molecule has 0 saturated carbocycles. The van der Waals surface area contributed by atoms with E-state index in [-0.39, 0.29) is 32.4 Å². The predicted octanol–water partition coefficient (Wildman–Crippen LogP) is 4.77. The number of hydrogen-bond donors (Lipinski definition) is 2. The SMILES string of the molecule is O=C1C(=O)N(c2nccs2)[C@@H](c2ccccc2C(=O)O)C1=C(O)c1ccc(Cl)cc1Cl. The van der Waals surface area contributed by atoms with E-state index in [9.17, 15) is 24.6 Å².